The van der Waals surface area contributed by atoms with Gasteiger partial charge in [0, 0.05) is 24.2 Å². The number of hydrogen-bond acceptors (Lipinski definition) is 4. The van der Waals surface area contributed by atoms with Gasteiger partial charge in [-0.3, -0.25) is 14.3 Å². The molecule has 0 saturated carbocycles. The molecule has 1 aromatic carbocycles. The Bertz CT molecular complexity index is 611. The van der Waals surface area contributed by atoms with Gasteiger partial charge in [0.25, 0.3) is 0 Å². The number of unbranched alkanes of at least 4 members (excludes halogenated alkanes) is 1. The molecule has 0 heterocycles. The van der Waals surface area contributed by atoms with Crippen LogP contribution < -0.4 is 10.0 Å². The predicted molar refractivity (Wildman–Crippen MR) is 84.3 cm³/mol. The molecule has 0 atom stereocenters. The van der Waals surface area contributed by atoms with Crippen LogP contribution in [0.1, 0.15) is 32.6 Å². The van der Waals surface area contributed by atoms with E-state index in [0.717, 1.165) is 0 Å². The Labute approximate surface area is 129 Å². The highest BCUT2D eigenvalue weighted by atomic mass is 32.2. The molecule has 22 heavy (non-hydrogen) atoms. The number of nitrogens with one attached hydrogen (secondary N) is 2. The van der Waals surface area contributed by atoms with Crippen molar-refractivity contribution in [2.75, 3.05) is 15.8 Å². The molecule has 0 aliphatic heterocycles. The van der Waals surface area contributed by atoms with Crippen LogP contribution in [0, 0.1) is 0 Å². The molecular formula is C14H20N2O5S. The molecule has 3 N–H and O–H groups in total. The van der Waals surface area contributed by atoms with Crippen molar-refractivity contribution in [1.29, 1.82) is 0 Å². The summed E-state index contributed by atoms with van der Waals surface area (Å²) in [6.45, 7) is 1.54. The normalized spacial score (nSPS) is 11.0. The van der Waals surface area contributed by atoms with Crippen LogP contribution in [-0.2, 0) is 19.6 Å². The lowest BCUT2D eigenvalue weighted by atomic mass is 10.2. The van der Waals surface area contributed by atoms with Crippen molar-refractivity contribution in [3.05, 3.63) is 24.3 Å². The van der Waals surface area contributed by atoms with Crippen molar-refractivity contribution in [2.45, 2.75) is 32.6 Å². The Morgan fingerprint density at radius 1 is 1.05 bits per heavy atom. The number of carboxylic acids is 1. The lowest BCUT2D eigenvalue weighted by molar-refractivity contribution is -0.137. The van der Waals surface area contributed by atoms with E-state index >= 15 is 0 Å². The summed E-state index contributed by atoms with van der Waals surface area (Å²) in [5.74, 6) is -1.08. The van der Waals surface area contributed by atoms with Gasteiger partial charge in [-0.1, -0.05) is 0 Å². The van der Waals surface area contributed by atoms with Gasteiger partial charge in [-0.15, -0.1) is 0 Å². The number of benzene rings is 1. The van der Waals surface area contributed by atoms with Gasteiger partial charge in [0.15, 0.2) is 0 Å². The molecule has 1 rings (SSSR count). The van der Waals surface area contributed by atoms with Gasteiger partial charge in [-0.25, -0.2) is 8.42 Å². The first kappa shape index (κ1) is 18.0. The average molecular weight is 328 g/mol. The third kappa shape index (κ3) is 7.07. The van der Waals surface area contributed by atoms with E-state index in [1.165, 1.54) is 0 Å². The Hall–Kier alpha value is -2.09. The molecule has 0 aliphatic rings. The molecule has 7 nitrogen and oxygen atoms in total. The number of sulfonamides is 1. The van der Waals surface area contributed by atoms with Gasteiger partial charge >= 0.3 is 5.97 Å². The van der Waals surface area contributed by atoms with Gasteiger partial charge < -0.3 is 10.4 Å². The molecule has 0 aromatic heterocycles. The molecule has 0 fully saturated rings. The number of carbonyl (C=O) groups is 2. The minimum atomic E-state index is -3.32. The average Bonchev–Trinajstić information content (AvgIpc) is 2.45. The second kappa shape index (κ2) is 8.38. The lowest BCUT2D eigenvalue weighted by Gasteiger charge is -2.08. The SMILES string of the molecule is CCS(=O)(=O)Nc1ccc(NC(=O)CCCCC(=O)O)cc1. The van der Waals surface area contributed by atoms with E-state index in [1.807, 2.05) is 0 Å². The molecule has 0 bridgehead atoms. The van der Waals surface area contributed by atoms with Crippen LogP contribution in [0.3, 0.4) is 0 Å². The summed E-state index contributed by atoms with van der Waals surface area (Å²) in [5.41, 5.74) is 0.990. The third-order valence-corrected chi connectivity index (χ3v) is 4.17. The number of anilines is 2. The predicted octanol–water partition coefficient (Wildman–Crippen LogP) is 2.03. The van der Waals surface area contributed by atoms with Gasteiger partial charge in [0.1, 0.15) is 0 Å². The highest BCUT2D eigenvalue weighted by Crippen LogP contribution is 2.15. The molecule has 8 heteroatoms. The minimum absolute atomic E-state index is 0.0121. The van der Waals surface area contributed by atoms with E-state index in [9.17, 15) is 18.0 Å². The van der Waals surface area contributed by atoms with Crippen molar-refractivity contribution in [2.24, 2.45) is 0 Å². The zero-order chi connectivity index (χ0) is 16.6. The topological polar surface area (TPSA) is 113 Å². The van der Waals surface area contributed by atoms with Crippen LogP contribution >= 0.6 is 0 Å². The van der Waals surface area contributed by atoms with E-state index in [2.05, 4.69) is 10.0 Å². The van der Waals surface area contributed by atoms with E-state index in [4.69, 9.17) is 5.11 Å². The first-order valence-electron chi connectivity index (χ1n) is 6.94. The number of rotatable bonds is 9. The molecule has 122 valence electrons. The van der Waals surface area contributed by atoms with Crippen molar-refractivity contribution >= 4 is 33.3 Å². The maximum atomic E-state index is 11.6. The fourth-order valence-corrected chi connectivity index (χ4v) is 2.30. The van der Waals surface area contributed by atoms with Gasteiger partial charge in [0.2, 0.25) is 15.9 Å². The Morgan fingerprint density at radius 3 is 2.14 bits per heavy atom. The smallest absolute Gasteiger partial charge is 0.303 e. The zero-order valence-electron chi connectivity index (χ0n) is 12.3. The summed E-state index contributed by atoms with van der Waals surface area (Å²) in [6.07, 6.45) is 1.27. The number of carboxylic acid groups (broad SMARTS) is 1. The molecule has 1 aromatic rings. The monoisotopic (exact) mass is 328 g/mol. The molecule has 0 saturated heterocycles. The number of hydrogen-bond donors (Lipinski definition) is 3. The summed E-state index contributed by atoms with van der Waals surface area (Å²) < 4.78 is 25.2. The second-order valence-corrected chi connectivity index (χ2v) is 6.74. The summed E-state index contributed by atoms with van der Waals surface area (Å²) in [6, 6.07) is 6.33. The van der Waals surface area contributed by atoms with Crippen molar-refractivity contribution < 1.29 is 23.1 Å². The standard InChI is InChI=1S/C14H20N2O5S/c1-2-22(20,21)16-12-9-7-11(8-10-12)15-13(17)5-3-4-6-14(18)19/h7-10,16H,2-6H2,1H3,(H,15,17)(H,18,19). The zero-order valence-corrected chi connectivity index (χ0v) is 13.1. The van der Waals surface area contributed by atoms with Gasteiger partial charge in [0.05, 0.1) is 5.75 Å². The van der Waals surface area contributed by atoms with Crippen LogP contribution in [-0.4, -0.2) is 31.2 Å². The quantitative estimate of drug-likeness (QED) is 0.600. The molecule has 0 radical (unpaired) electrons. The Balaban J connectivity index is 2.43. The summed E-state index contributed by atoms with van der Waals surface area (Å²) in [5, 5.41) is 11.2. The van der Waals surface area contributed by atoms with E-state index in [0.29, 0.717) is 24.2 Å². The van der Waals surface area contributed by atoms with Crippen LogP contribution in [0.5, 0.6) is 0 Å². The highest BCUT2D eigenvalue weighted by molar-refractivity contribution is 7.92. The summed E-state index contributed by atoms with van der Waals surface area (Å²) >= 11 is 0. The first-order chi connectivity index (χ1) is 10.3. The maximum Gasteiger partial charge on any atom is 0.303 e. The van der Waals surface area contributed by atoms with E-state index in [1.54, 1.807) is 31.2 Å². The third-order valence-electron chi connectivity index (χ3n) is 2.87. The van der Waals surface area contributed by atoms with Crippen LogP contribution in [0.4, 0.5) is 11.4 Å². The molecule has 0 aliphatic carbocycles. The fourth-order valence-electron chi connectivity index (χ4n) is 1.66. The minimum Gasteiger partial charge on any atom is -0.481 e. The van der Waals surface area contributed by atoms with Crippen molar-refractivity contribution in [1.82, 2.24) is 0 Å². The largest absolute Gasteiger partial charge is 0.481 e. The highest BCUT2D eigenvalue weighted by Gasteiger charge is 2.07. The lowest BCUT2D eigenvalue weighted by Crippen LogP contribution is -2.15. The summed E-state index contributed by atoms with van der Waals surface area (Å²) in [4.78, 5) is 22.0. The molecule has 0 unspecified atom stereocenters. The van der Waals surface area contributed by atoms with Gasteiger partial charge in [-0.2, -0.15) is 0 Å². The fraction of sp³-hybridized carbons (Fsp3) is 0.429. The van der Waals surface area contributed by atoms with Crippen LogP contribution in [0.25, 0.3) is 0 Å². The second-order valence-electron chi connectivity index (χ2n) is 4.73. The van der Waals surface area contributed by atoms with E-state index in [-0.39, 0.29) is 24.5 Å². The summed E-state index contributed by atoms with van der Waals surface area (Å²) in [7, 11) is -3.32. The van der Waals surface area contributed by atoms with Gasteiger partial charge in [-0.05, 0) is 44.0 Å². The number of amides is 1. The van der Waals surface area contributed by atoms with Crippen LogP contribution in [0.2, 0.25) is 0 Å². The molecule has 1 amide bonds. The molecule has 0 spiro atoms. The maximum absolute atomic E-state index is 11.6. The van der Waals surface area contributed by atoms with E-state index < -0.39 is 16.0 Å². The Kier molecular flexibility index (Phi) is 6.84. The van der Waals surface area contributed by atoms with Crippen molar-refractivity contribution in [3.8, 4) is 0 Å². The number of carbonyl (C=O) groups excluding carboxylic acids is 1. The Morgan fingerprint density at radius 2 is 1.59 bits per heavy atom. The van der Waals surface area contributed by atoms with Crippen LogP contribution in [0.15, 0.2) is 24.3 Å². The molecular weight excluding hydrogens is 308 g/mol. The van der Waals surface area contributed by atoms with Crippen molar-refractivity contribution in [3.63, 3.8) is 0 Å². The number of aliphatic carboxylic acids is 1. The first-order valence-corrected chi connectivity index (χ1v) is 8.60.